The molecular weight excluding hydrogens is 266 g/mol. The van der Waals surface area contributed by atoms with Crippen molar-refractivity contribution in [3.05, 3.63) is 28.6 Å². The minimum atomic E-state index is -2.79. The average Bonchev–Trinajstić information content (AvgIpc) is 2.37. The molecule has 4 nitrogen and oxygen atoms in total. The van der Waals surface area contributed by atoms with Crippen molar-refractivity contribution < 1.29 is 18.3 Å². The number of hydrogen-bond donors (Lipinski definition) is 0. The van der Waals surface area contributed by atoms with Gasteiger partial charge in [0.1, 0.15) is 11.8 Å². The van der Waals surface area contributed by atoms with Gasteiger partial charge in [0.15, 0.2) is 0 Å². The molecule has 1 rings (SSSR count). The first-order chi connectivity index (χ1) is 8.53. The van der Waals surface area contributed by atoms with Gasteiger partial charge in [-0.25, -0.2) is 13.8 Å². The summed E-state index contributed by atoms with van der Waals surface area (Å²) in [7, 11) is 1.18. The quantitative estimate of drug-likeness (QED) is 0.624. The van der Waals surface area contributed by atoms with Crippen LogP contribution in [0.25, 0.3) is 0 Å². The fraction of sp³-hybridized carbons (Fsp3) is 0.364. The lowest BCUT2D eigenvalue weighted by Crippen LogP contribution is -2.09. The van der Waals surface area contributed by atoms with E-state index in [-0.39, 0.29) is 34.8 Å². The SMILES string of the molecule is COC(=O)Cc1cc(C(F)F)c(CCl)c(C#N)n1. The van der Waals surface area contributed by atoms with E-state index in [0.29, 0.717) is 0 Å². The number of aromatic nitrogens is 1. The van der Waals surface area contributed by atoms with E-state index < -0.39 is 12.4 Å². The number of carbonyl (C=O) groups excluding carboxylic acids is 1. The molecule has 0 saturated heterocycles. The minimum Gasteiger partial charge on any atom is -0.469 e. The Morgan fingerprint density at radius 2 is 2.33 bits per heavy atom. The number of ether oxygens (including phenoxy) is 1. The third-order valence-corrected chi connectivity index (χ3v) is 2.51. The zero-order chi connectivity index (χ0) is 13.7. The van der Waals surface area contributed by atoms with Gasteiger partial charge in [-0.3, -0.25) is 4.79 Å². The summed E-state index contributed by atoms with van der Waals surface area (Å²) < 4.78 is 30.0. The normalized spacial score (nSPS) is 10.2. The fourth-order valence-electron chi connectivity index (χ4n) is 1.38. The van der Waals surface area contributed by atoms with Crippen LogP contribution in [0.1, 0.15) is 28.9 Å². The standard InChI is InChI=1S/C11H9ClF2N2O2/c1-18-10(17)3-6-2-7(11(13)14)8(4-12)9(5-15)16-6/h2,11H,3-4H2,1H3. The van der Waals surface area contributed by atoms with Crippen LogP contribution in [0.3, 0.4) is 0 Å². The predicted octanol–water partition coefficient (Wildman–Crippen LogP) is 2.35. The number of nitriles is 1. The molecule has 1 aromatic rings. The topological polar surface area (TPSA) is 63.0 Å². The van der Waals surface area contributed by atoms with Gasteiger partial charge in [-0.15, -0.1) is 11.6 Å². The molecule has 0 amide bonds. The summed E-state index contributed by atoms with van der Waals surface area (Å²) >= 11 is 5.53. The maximum Gasteiger partial charge on any atom is 0.311 e. The van der Waals surface area contributed by atoms with Crippen LogP contribution in [0.4, 0.5) is 8.78 Å². The van der Waals surface area contributed by atoms with Crippen molar-refractivity contribution in [3.63, 3.8) is 0 Å². The Kier molecular flexibility index (Phi) is 4.98. The van der Waals surface area contributed by atoms with Crippen molar-refractivity contribution >= 4 is 17.6 Å². The zero-order valence-corrected chi connectivity index (χ0v) is 10.2. The van der Waals surface area contributed by atoms with Gasteiger partial charge in [-0.1, -0.05) is 0 Å². The Bertz CT molecular complexity index is 501. The molecule has 96 valence electrons. The molecule has 0 aliphatic carbocycles. The molecule has 1 heterocycles. The third kappa shape index (κ3) is 3.14. The number of alkyl halides is 3. The van der Waals surface area contributed by atoms with E-state index in [1.807, 2.05) is 0 Å². The number of esters is 1. The van der Waals surface area contributed by atoms with Gasteiger partial charge in [0.25, 0.3) is 6.43 Å². The van der Waals surface area contributed by atoms with Crippen molar-refractivity contribution in [2.24, 2.45) is 0 Å². The van der Waals surface area contributed by atoms with E-state index in [2.05, 4.69) is 9.72 Å². The van der Waals surface area contributed by atoms with E-state index >= 15 is 0 Å². The highest BCUT2D eigenvalue weighted by atomic mass is 35.5. The van der Waals surface area contributed by atoms with E-state index in [9.17, 15) is 13.6 Å². The molecular formula is C11H9ClF2N2O2. The van der Waals surface area contributed by atoms with Crippen LogP contribution in [-0.4, -0.2) is 18.1 Å². The summed E-state index contributed by atoms with van der Waals surface area (Å²) in [6.45, 7) is 0. The Hall–Kier alpha value is -1.74. The van der Waals surface area contributed by atoms with Gasteiger partial charge in [0, 0.05) is 11.1 Å². The summed E-state index contributed by atoms with van der Waals surface area (Å²) in [5, 5.41) is 8.84. The number of rotatable bonds is 4. The molecule has 0 aromatic carbocycles. The highest BCUT2D eigenvalue weighted by Gasteiger charge is 2.19. The van der Waals surface area contributed by atoms with Crippen LogP contribution >= 0.6 is 11.6 Å². The van der Waals surface area contributed by atoms with Crippen LogP contribution in [-0.2, 0) is 21.8 Å². The van der Waals surface area contributed by atoms with Crippen LogP contribution in [0.15, 0.2) is 6.07 Å². The Balaban J connectivity index is 3.28. The van der Waals surface area contributed by atoms with Crippen molar-refractivity contribution in [3.8, 4) is 6.07 Å². The van der Waals surface area contributed by atoms with Crippen molar-refractivity contribution in [1.82, 2.24) is 4.98 Å². The van der Waals surface area contributed by atoms with E-state index in [0.717, 1.165) is 6.07 Å². The van der Waals surface area contributed by atoms with E-state index in [1.54, 1.807) is 6.07 Å². The summed E-state index contributed by atoms with van der Waals surface area (Å²) in [6, 6.07) is 2.76. The zero-order valence-electron chi connectivity index (χ0n) is 9.41. The Morgan fingerprint density at radius 3 is 2.78 bits per heavy atom. The second-order valence-electron chi connectivity index (χ2n) is 3.33. The Morgan fingerprint density at radius 1 is 1.67 bits per heavy atom. The van der Waals surface area contributed by atoms with Crippen LogP contribution in [0, 0.1) is 11.3 Å². The molecule has 0 aliphatic rings. The van der Waals surface area contributed by atoms with Crippen LogP contribution in [0.2, 0.25) is 0 Å². The number of pyridine rings is 1. The molecule has 0 aliphatic heterocycles. The van der Waals surface area contributed by atoms with Crippen LogP contribution < -0.4 is 0 Å². The molecule has 0 N–H and O–H groups in total. The number of hydrogen-bond acceptors (Lipinski definition) is 4. The number of carbonyl (C=O) groups is 1. The fourth-order valence-corrected chi connectivity index (χ4v) is 1.67. The monoisotopic (exact) mass is 274 g/mol. The van der Waals surface area contributed by atoms with Gasteiger partial charge < -0.3 is 4.74 Å². The highest BCUT2D eigenvalue weighted by Crippen LogP contribution is 2.27. The van der Waals surface area contributed by atoms with Gasteiger partial charge >= 0.3 is 5.97 Å². The molecule has 0 spiro atoms. The molecule has 0 saturated carbocycles. The first kappa shape index (κ1) is 14.3. The summed E-state index contributed by atoms with van der Waals surface area (Å²) in [5.41, 5.74) is -0.525. The molecule has 18 heavy (non-hydrogen) atoms. The van der Waals surface area contributed by atoms with E-state index in [4.69, 9.17) is 16.9 Å². The maximum atomic E-state index is 12.8. The lowest BCUT2D eigenvalue weighted by atomic mass is 10.1. The molecule has 0 radical (unpaired) electrons. The van der Waals surface area contributed by atoms with Crippen LogP contribution in [0.5, 0.6) is 0 Å². The number of methoxy groups -OCH3 is 1. The summed E-state index contributed by atoms with van der Waals surface area (Å²) in [4.78, 5) is 14.9. The van der Waals surface area contributed by atoms with Gasteiger partial charge in [0.2, 0.25) is 0 Å². The summed E-state index contributed by atoms with van der Waals surface area (Å²) in [5.74, 6) is -0.862. The second kappa shape index (κ2) is 6.26. The second-order valence-corrected chi connectivity index (χ2v) is 3.60. The van der Waals surface area contributed by atoms with Gasteiger partial charge in [-0.2, -0.15) is 5.26 Å². The van der Waals surface area contributed by atoms with Crippen molar-refractivity contribution in [2.45, 2.75) is 18.7 Å². The first-order valence-corrected chi connectivity index (χ1v) is 5.40. The molecule has 7 heteroatoms. The largest absolute Gasteiger partial charge is 0.469 e. The lowest BCUT2D eigenvalue weighted by molar-refractivity contribution is -0.139. The van der Waals surface area contributed by atoms with Gasteiger partial charge in [-0.05, 0) is 6.07 Å². The van der Waals surface area contributed by atoms with E-state index in [1.165, 1.54) is 7.11 Å². The van der Waals surface area contributed by atoms with Crippen molar-refractivity contribution in [1.29, 1.82) is 5.26 Å². The minimum absolute atomic E-state index is 0.0113. The van der Waals surface area contributed by atoms with Crippen molar-refractivity contribution in [2.75, 3.05) is 7.11 Å². The molecule has 0 bridgehead atoms. The Labute approximate surface area is 107 Å². The first-order valence-electron chi connectivity index (χ1n) is 4.87. The third-order valence-electron chi connectivity index (χ3n) is 2.24. The predicted molar refractivity (Wildman–Crippen MR) is 59.2 cm³/mol. The molecule has 0 fully saturated rings. The molecule has 0 unspecified atom stereocenters. The van der Waals surface area contributed by atoms with Gasteiger partial charge in [0.05, 0.1) is 25.1 Å². The average molecular weight is 275 g/mol. The number of halogens is 3. The number of nitrogens with zero attached hydrogens (tertiary/aromatic N) is 2. The maximum absolute atomic E-state index is 12.8. The molecule has 0 atom stereocenters. The highest BCUT2D eigenvalue weighted by molar-refractivity contribution is 6.17. The lowest BCUT2D eigenvalue weighted by Gasteiger charge is -2.10. The molecule has 1 aromatic heterocycles. The summed E-state index contributed by atoms with van der Waals surface area (Å²) in [6.07, 6.45) is -3.06. The smallest absolute Gasteiger partial charge is 0.311 e.